The zero-order chi connectivity index (χ0) is 7.45. The molecule has 1 aliphatic carbocycles. The summed E-state index contributed by atoms with van der Waals surface area (Å²) in [7, 11) is 0. The average Bonchev–Trinajstić information content (AvgIpc) is 2.06. The first-order chi connectivity index (χ1) is 4.83. The Morgan fingerprint density at radius 2 is 2.10 bits per heavy atom. The van der Waals surface area contributed by atoms with E-state index in [1.165, 1.54) is 0 Å². The molecule has 0 heterocycles. The van der Waals surface area contributed by atoms with E-state index in [4.69, 9.17) is 0 Å². The highest BCUT2D eigenvalue weighted by Crippen LogP contribution is 2.29. The van der Waals surface area contributed by atoms with Crippen LogP contribution in [-0.4, -0.2) is 0 Å². The Morgan fingerprint density at radius 1 is 1.50 bits per heavy atom. The van der Waals surface area contributed by atoms with Gasteiger partial charge in [-0.25, -0.2) is 0 Å². The maximum atomic E-state index is 3.82. The fourth-order valence-electron chi connectivity index (χ4n) is 1.23. The van der Waals surface area contributed by atoms with Gasteiger partial charge in [0.1, 0.15) is 0 Å². The lowest BCUT2D eigenvalue weighted by atomic mass is 9.82. The summed E-state index contributed by atoms with van der Waals surface area (Å²) in [5, 5.41) is 0. The lowest BCUT2D eigenvalue weighted by Crippen LogP contribution is -2.10. The van der Waals surface area contributed by atoms with Crippen molar-refractivity contribution < 1.29 is 0 Å². The molecule has 0 N–H and O–H groups in total. The van der Waals surface area contributed by atoms with Gasteiger partial charge in [0.05, 0.1) is 0 Å². The summed E-state index contributed by atoms with van der Waals surface area (Å²) >= 11 is 0. The van der Waals surface area contributed by atoms with Crippen molar-refractivity contribution in [2.45, 2.75) is 19.8 Å². The van der Waals surface area contributed by atoms with Gasteiger partial charge in [0, 0.05) is 5.41 Å². The predicted octanol–water partition coefficient (Wildman–Crippen LogP) is 3.08. The predicted molar refractivity (Wildman–Crippen MR) is 45.8 cm³/mol. The molecular weight excluding hydrogens is 120 g/mol. The number of hydrogen-bond acceptors (Lipinski definition) is 0. The molecule has 0 fully saturated rings. The quantitative estimate of drug-likeness (QED) is 0.509. The fourth-order valence-corrected chi connectivity index (χ4v) is 1.23. The van der Waals surface area contributed by atoms with Gasteiger partial charge < -0.3 is 0 Å². The lowest BCUT2D eigenvalue weighted by Gasteiger charge is -2.22. The maximum absolute atomic E-state index is 3.82. The first kappa shape index (κ1) is 7.33. The van der Waals surface area contributed by atoms with Gasteiger partial charge in [-0.3, -0.25) is 0 Å². The minimum atomic E-state index is 0.165. The maximum Gasteiger partial charge on any atom is 0.0236 e. The Labute approximate surface area is 62.9 Å². The van der Waals surface area contributed by atoms with Crippen molar-refractivity contribution in [1.82, 2.24) is 0 Å². The standard InChI is InChI=1S/C10H14/c1-3-10(4-2)8-6-5-7-9-10/h3,6-9H,1,4-5H2,2H3. The minimum Gasteiger partial charge on any atom is -0.102 e. The summed E-state index contributed by atoms with van der Waals surface area (Å²) in [6.45, 7) is 6.01. The molecule has 0 bridgehead atoms. The van der Waals surface area contributed by atoms with Crippen molar-refractivity contribution in [2.24, 2.45) is 5.41 Å². The number of allylic oxidation sites excluding steroid dienone is 5. The van der Waals surface area contributed by atoms with Gasteiger partial charge in [0.15, 0.2) is 0 Å². The molecule has 0 aromatic carbocycles. The van der Waals surface area contributed by atoms with Crippen molar-refractivity contribution in [3.8, 4) is 0 Å². The molecular formula is C10H14. The van der Waals surface area contributed by atoms with Gasteiger partial charge in [0.25, 0.3) is 0 Å². The molecule has 0 unspecified atom stereocenters. The van der Waals surface area contributed by atoms with Gasteiger partial charge in [-0.05, 0) is 12.8 Å². The molecule has 0 radical (unpaired) electrons. The van der Waals surface area contributed by atoms with Gasteiger partial charge >= 0.3 is 0 Å². The van der Waals surface area contributed by atoms with Gasteiger partial charge in [-0.1, -0.05) is 37.3 Å². The van der Waals surface area contributed by atoms with Gasteiger partial charge in [-0.15, -0.1) is 6.58 Å². The van der Waals surface area contributed by atoms with E-state index in [9.17, 15) is 0 Å². The molecule has 0 aromatic rings. The molecule has 1 aliphatic rings. The molecule has 0 amide bonds. The smallest absolute Gasteiger partial charge is 0.0236 e. The molecule has 0 atom stereocenters. The van der Waals surface area contributed by atoms with E-state index in [1.54, 1.807) is 0 Å². The molecule has 10 heavy (non-hydrogen) atoms. The van der Waals surface area contributed by atoms with Crippen LogP contribution in [0.1, 0.15) is 19.8 Å². The van der Waals surface area contributed by atoms with Gasteiger partial charge in [-0.2, -0.15) is 0 Å². The molecule has 0 saturated carbocycles. The highest BCUT2D eigenvalue weighted by atomic mass is 14.2. The van der Waals surface area contributed by atoms with Gasteiger partial charge in [0.2, 0.25) is 0 Å². The van der Waals surface area contributed by atoms with E-state index in [1.807, 2.05) is 6.08 Å². The molecule has 0 spiro atoms. The van der Waals surface area contributed by atoms with E-state index < -0.39 is 0 Å². The third-order valence-electron chi connectivity index (χ3n) is 2.12. The molecule has 0 nitrogen and oxygen atoms in total. The SMILES string of the molecule is C=CC1(CC)C=CCC=C1. The second-order valence-electron chi connectivity index (χ2n) is 2.71. The summed E-state index contributed by atoms with van der Waals surface area (Å²) in [5.74, 6) is 0. The molecule has 0 heteroatoms. The largest absolute Gasteiger partial charge is 0.102 e. The Kier molecular flexibility index (Phi) is 2.10. The highest BCUT2D eigenvalue weighted by molar-refractivity contribution is 5.23. The molecule has 0 saturated heterocycles. The van der Waals surface area contributed by atoms with Crippen LogP contribution in [0.4, 0.5) is 0 Å². The van der Waals surface area contributed by atoms with Crippen LogP contribution in [0.5, 0.6) is 0 Å². The van der Waals surface area contributed by atoms with Crippen LogP contribution in [0, 0.1) is 5.41 Å². The summed E-state index contributed by atoms with van der Waals surface area (Å²) in [6, 6.07) is 0. The monoisotopic (exact) mass is 134 g/mol. The molecule has 1 rings (SSSR count). The Balaban J connectivity index is 2.80. The Bertz CT molecular complexity index is 160. The molecule has 0 aromatic heterocycles. The number of hydrogen-bond donors (Lipinski definition) is 0. The molecule has 0 aliphatic heterocycles. The van der Waals surface area contributed by atoms with Crippen LogP contribution < -0.4 is 0 Å². The summed E-state index contributed by atoms with van der Waals surface area (Å²) in [5.41, 5.74) is 0.165. The van der Waals surface area contributed by atoms with Crippen molar-refractivity contribution in [1.29, 1.82) is 0 Å². The van der Waals surface area contributed by atoms with Crippen molar-refractivity contribution in [3.63, 3.8) is 0 Å². The third kappa shape index (κ3) is 1.21. The average molecular weight is 134 g/mol. The van der Waals surface area contributed by atoms with Crippen LogP contribution in [0.25, 0.3) is 0 Å². The van der Waals surface area contributed by atoms with Crippen LogP contribution in [0.3, 0.4) is 0 Å². The van der Waals surface area contributed by atoms with Crippen LogP contribution in [-0.2, 0) is 0 Å². The first-order valence-corrected chi connectivity index (χ1v) is 3.82. The van der Waals surface area contributed by atoms with Crippen LogP contribution in [0.15, 0.2) is 37.0 Å². The van der Waals surface area contributed by atoms with Crippen molar-refractivity contribution in [3.05, 3.63) is 37.0 Å². The van der Waals surface area contributed by atoms with Crippen molar-refractivity contribution >= 4 is 0 Å². The van der Waals surface area contributed by atoms with Crippen LogP contribution in [0.2, 0.25) is 0 Å². The summed E-state index contributed by atoms with van der Waals surface area (Å²) < 4.78 is 0. The number of rotatable bonds is 2. The zero-order valence-corrected chi connectivity index (χ0v) is 6.51. The molecule has 54 valence electrons. The third-order valence-corrected chi connectivity index (χ3v) is 2.12. The second kappa shape index (κ2) is 2.87. The topological polar surface area (TPSA) is 0 Å². The highest BCUT2D eigenvalue weighted by Gasteiger charge is 2.17. The summed E-state index contributed by atoms with van der Waals surface area (Å²) in [6.07, 6.45) is 13.1. The lowest BCUT2D eigenvalue weighted by molar-refractivity contribution is 0.595. The summed E-state index contributed by atoms with van der Waals surface area (Å²) in [4.78, 5) is 0. The second-order valence-corrected chi connectivity index (χ2v) is 2.71. The van der Waals surface area contributed by atoms with E-state index >= 15 is 0 Å². The van der Waals surface area contributed by atoms with E-state index in [0.29, 0.717) is 0 Å². The van der Waals surface area contributed by atoms with E-state index in [2.05, 4.69) is 37.8 Å². The Hall–Kier alpha value is -0.780. The first-order valence-electron chi connectivity index (χ1n) is 3.82. The Morgan fingerprint density at radius 3 is 2.40 bits per heavy atom. The van der Waals surface area contributed by atoms with Crippen molar-refractivity contribution in [2.75, 3.05) is 0 Å². The minimum absolute atomic E-state index is 0.165. The fraction of sp³-hybridized carbons (Fsp3) is 0.400. The van der Waals surface area contributed by atoms with E-state index in [-0.39, 0.29) is 5.41 Å². The van der Waals surface area contributed by atoms with E-state index in [0.717, 1.165) is 12.8 Å². The van der Waals surface area contributed by atoms with Crippen LogP contribution >= 0.6 is 0 Å². The zero-order valence-electron chi connectivity index (χ0n) is 6.51. The normalized spacial score (nSPS) is 20.9.